The van der Waals surface area contributed by atoms with E-state index < -0.39 is 6.04 Å². The Hall–Kier alpha value is -2.33. The zero-order chi connectivity index (χ0) is 14.5. The average Bonchev–Trinajstić information content (AvgIpc) is 2.49. The van der Waals surface area contributed by atoms with Crippen LogP contribution >= 0.6 is 0 Å². The van der Waals surface area contributed by atoms with Gasteiger partial charge < -0.3 is 15.8 Å². The van der Waals surface area contributed by atoms with Gasteiger partial charge in [-0.25, -0.2) is 0 Å². The number of methoxy groups -OCH3 is 1. The highest BCUT2D eigenvalue weighted by molar-refractivity contribution is 5.96. The van der Waals surface area contributed by atoms with Crippen LogP contribution in [0.4, 0.5) is 5.69 Å². The summed E-state index contributed by atoms with van der Waals surface area (Å²) in [6.45, 7) is 1.96. The van der Waals surface area contributed by atoms with Crippen molar-refractivity contribution in [3.63, 3.8) is 0 Å². The van der Waals surface area contributed by atoms with Crippen molar-refractivity contribution in [2.45, 2.75) is 13.0 Å². The van der Waals surface area contributed by atoms with Gasteiger partial charge in [0.25, 0.3) is 0 Å². The molecular formula is C16H18N2O2. The molecule has 0 bridgehead atoms. The van der Waals surface area contributed by atoms with Crippen LogP contribution in [0.5, 0.6) is 5.75 Å². The lowest BCUT2D eigenvalue weighted by Gasteiger charge is -2.15. The third-order valence-corrected chi connectivity index (χ3v) is 3.06. The Kier molecular flexibility index (Phi) is 4.38. The van der Waals surface area contributed by atoms with E-state index >= 15 is 0 Å². The number of rotatable bonds is 4. The second-order valence-electron chi connectivity index (χ2n) is 4.58. The van der Waals surface area contributed by atoms with Gasteiger partial charge >= 0.3 is 0 Å². The highest BCUT2D eigenvalue weighted by Crippen LogP contribution is 2.26. The number of nitrogens with one attached hydrogen (secondary N) is 1. The SMILES string of the molecule is COc1cc(C)ccc1NC(=O)C(N)c1ccccc1. The zero-order valence-electron chi connectivity index (χ0n) is 11.6. The molecule has 2 aromatic rings. The number of hydrogen-bond acceptors (Lipinski definition) is 3. The number of nitrogens with two attached hydrogens (primary N) is 1. The van der Waals surface area contributed by atoms with Crippen LogP contribution in [0.15, 0.2) is 48.5 Å². The number of benzene rings is 2. The van der Waals surface area contributed by atoms with E-state index in [-0.39, 0.29) is 5.91 Å². The first-order valence-electron chi connectivity index (χ1n) is 6.38. The summed E-state index contributed by atoms with van der Waals surface area (Å²) in [5.74, 6) is 0.358. The van der Waals surface area contributed by atoms with Gasteiger partial charge in [-0.05, 0) is 30.2 Å². The number of ether oxygens (including phenoxy) is 1. The van der Waals surface area contributed by atoms with Crippen molar-refractivity contribution in [3.8, 4) is 5.75 Å². The second-order valence-corrected chi connectivity index (χ2v) is 4.58. The van der Waals surface area contributed by atoms with Crippen LogP contribution in [0.1, 0.15) is 17.2 Å². The van der Waals surface area contributed by atoms with Gasteiger partial charge in [-0.2, -0.15) is 0 Å². The van der Waals surface area contributed by atoms with Gasteiger partial charge in [0.05, 0.1) is 12.8 Å². The summed E-state index contributed by atoms with van der Waals surface area (Å²) in [5.41, 5.74) is 8.41. The van der Waals surface area contributed by atoms with Crippen LogP contribution in [0.2, 0.25) is 0 Å². The number of aryl methyl sites for hydroxylation is 1. The fourth-order valence-corrected chi connectivity index (χ4v) is 1.92. The van der Waals surface area contributed by atoms with Crippen LogP contribution in [-0.2, 0) is 4.79 Å². The van der Waals surface area contributed by atoms with E-state index in [0.717, 1.165) is 11.1 Å². The molecule has 0 spiro atoms. The Morgan fingerprint density at radius 3 is 2.55 bits per heavy atom. The van der Waals surface area contributed by atoms with Crippen molar-refractivity contribution in [3.05, 3.63) is 59.7 Å². The Morgan fingerprint density at radius 1 is 1.20 bits per heavy atom. The molecule has 0 radical (unpaired) electrons. The topological polar surface area (TPSA) is 64.3 Å². The van der Waals surface area contributed by atoms with Crippen LogP contribution in [0.3, 0.4) is 0 Å². The summed E-state index contributed by atoms with van der Waals surface area (Å²) in [5, 5.41) is 2.80. The molecule has 1 unspecified atom stereocenters. The molecule has 4 nitrogen and oxygen atoms in total. The average molecular weight is 270 g/mol. The molecule has 0 aliphatic heterocycles. The minimum absolute atomic E-state index is 0.265. The molecule has 1 amide bonds. The molecule has 3 N–H and O–H groups in total. The number of hydrogen-bond donors (Lipinski definition) is 2. The van der Waals surface area contributed by atoms with Gasteiger partial charge in [-0.15, -0.1) is 0 Å². The molecule has 20 heavy (non-hydrogen) atoms. The van der Waals surface area contributed by atoms with E-state index in [4.69, 9.17) is 10.5 Å². The van der Waals surface area contributed by atoms with E-state index in [1.54, 1.807) is 7.11 Å². The van der Waals surface area contributed by atoms with Crippen molar-refractivity contribution in [2.24, 2.45) is 5.73 Å². The number of amides is 1. The highest BCUT2D eigenvalue weighted by Gasteiger charge is 2.17. The van der Waals surface area contributed by atoms with Gasteiger partial charge in [0.2, 0.25) is 5.91 Å². The first kappa shape index (κ1) is 14.1. The molecule has 0 aliphatic carbocycles. The zero-order valence-corrected chi connectivity index (χ0v) is 11.6. The Morgan fingerprint density at radius 2 is 1.90 bits per heavy atom. The Bertz CT molecular complexity index is 597. The van der Waals surface area contributed by atoms with E-state index in [1.165, 1.54) is 0 Å². The minimum atomic E-state index is -0.706. The fourth-order valence-electron chi connectivity index (χ4n) is 1.92. The molecule has 4 heteroatoms. The maximum atomic E-state index is 12.2. The third kappa shape index (κ3) is 3.16. The third-order valence-electron chi connectivity index (χ3n) is 3.06. The minimum Gasteiger partial charge on any atom is -0.495 e. The second kappa shape index (κ2) is 6.21. The first-order valence-corrected chi connectivity index (χ1v) is 6.38. The van der Waals surface area contributed by atoms with Crippen molar-refractivity contribution in [1.82, 2.24) is 0 Å². The lowest BCUT2D eigenvalue weighted by atomic mass is 10.1. The molecule has 1 atom stereocenters. The van der Waals surface area contributed by atoms with Gasteiger partial charge in [-0.1, -0.05) is 36.4 Å². The largest absolute Gasteiger partial charge is 0.495 e. The maximum Gasteiger partial charge on any atom is 0.245 e. The highest BCUT2D eigenvalue weighted by atomic mass is 16.5. The maximum absolute atomic E-state index is 12.2. The number of anilines is 1. The van der Waals surface area contributed by atoms with Crippen molar-refractivity contribution < 1.29 is 9.53 Å². The normalized spacial score (nSPS) is 11.8. The molecule has 0 saturated heterocycles. The van der Waals surface area contributed by atoms with Gasteiger partial charge in [-0.3, -0.25) is 4.79 Å². The summed E-state index contributed by atoms with van der Waals surface area (Å²) in [6, 6.07) is 14.1. The number of carbonyl (C=O) groups excluding carboxylic acids is 1. The fraction of sp³-hybridized carbons (Fsp3) is 0.188. The van der Waals surface area contributed by atoms with Crippen LogP contribution in [0, 0.1) is 6.92 Å². The summed E-state index contributed by atoms with van der Waals surface area (Å²) in [7, 11) is 1.57. The van der Waals surface area contributed by atoms with Crippen LogP contribution in [0.25, 0.3) is 0 Å². The van der Waals surface area contributed by atoms with E-state index in [1.807, 2.05) is 55.5 Å². The molecule has 0 aliphatic rings. The van der Waals surface area contributed by atoms with E-state index in [0.29, 0.717) is 11.4 Å². The quantitative estimate of drug-likeness (QED) is 0.897. The lowest BCUT2D eigenvalue weighted by molar-refractivity contribution is -0.117. The standard InChI is InChI=1S/C16H18N2O2/c1-11-8-9-13(14(10-11)20-2)18-16(19)15(17)12-6-4-3-5-7-12/h3-10,15H,17H2,1-2H3,(H,18,19). The summed E-state index contributed by atoms with van der Waals surface area (Å²) < 4.78 is 5.26. The monoisotopic (exact) mass is 270 g/mol. The predicted octanol–water partition coefficient (Wildman–Crippen LogP) is 2.64. The molecule has 0 aromatic heterocycles. The van der Waals surface area contributed by atoms with Crippen LogP contribution < -0.4 is 15.8 Å². The van der Waals surface area contributed by atoms with E-state index in [9.17, 15) is 4.79 Å². The lowest BCUT2D eigenvalue weighted by Crippen LogP contribution is -2.27. The summed E-state index contributed by atoms with van der Waals surface area (Å²) in [6.07, 6.45) is 0. The molecule has 0 heterocycles. The molecule has 0 fully saturated rings. The first-order chi connectivity index (χ1) is 9.61. The Labute approximate surface area is 118 Å². The van der Waals surface area contributed by atoms with Gasteiger partial charge in [0.1, 0.15) is 11.8 Å². The predicted molar refractivity (Wildman–Crippen MR) is 79.7 cm³/mol. The van der Waals surface area contributed by atoms with Crippen molar-refractivity contribution in [2.75, 3.05) is 12.4 Å². The summed E-state index contributed by atoms with van der Waals surface area (Å²) >= 11 is 0. The van der Waals surface area contributed by atoms with Crippen molar-refractivity contribution in [1.29, 1.82) is 0 Å². The molecule has 0 saturated carbocycles. The number of carbonyl (C=O) groups is 1. The Balaban J connectivity index is 2.16. The van der Waals surface area contributed by atoms with E-state index in [2.05, 4.69) is 5.32 Å². The molecular weight excluding hydrogens is 252 g/mol. The van der Waals surface area contributed by atoms with Crippen molar-refractivity contribution >= 4 is 11.6 Å². The van der Waals surface area contributed by atoms with Gasteiger partial charge in [0, 0.05) is 0 Å². The van der Waals surface area contributed by atoms with Crippen LogP contribution in [-0.4, -0.2) is 13.0 Å². The smallest absolute Gasteiger partial charge is 0.245 e. The molecule has 2 rings (SSSR count). The van der Waals surface area contributed by atoms with Gasteiger partial charge in [0.15, 0.2) is 0 Å². The molecule has 2 aromatic carbocycles. The summed E-state index contributed by atoms with van der Waals surface area (Å²) in [4.78, 5) is 12.2. The molecule has 104 valence electrons.